The second-order valence-electron chi connectivity index (χ2n) is 2.99. The fourth-order valence-corrected chi connectivity index (χ4v) is 1.44. The molecule has 0 saturated carbocycles. The van der Waals surface area contributed by atoms with Gasteiger partial charge in [-0.25, -0.2) is 9.18 Å². The number of hydrogen-bond acceptors (Lipinski definition) is 1. The van der Waals surface area contributed by atoms with E-state index in [1.807, 2.05) is 0 Å². The second kappa shape index (κ2) is 2.69. The number of rotatable bonds is 1. The summed E-state index contributed by atoms with van der Waals surface area (Å²) in [5, 5.41) is 8.69. The van der Waals surface area contributed by atoms with Crippen LogP contribution in [0.2, 0.25) is 0 Å². The lowest BCUT2D eigenvalue weighted by atomic mass is 10.1. The van der Waals surface area contributed by atoms with Gasteiger partial charge in [0.1, 0.15) is 5.82 Å². The maximum absolute atomic E-state index is 12.7. The number of carbonyl (C=O) groups is 1. The van der Waals surface area contributed by atoms with Crippen molar-refractivity contribution in [3.05, 3.63) is 40.7 Å². The SMILES string of the molecule is O=C(O)C1=Cc2cc(F)ccc2C1. The normalized spacial score (nSPS) is 13.8. The van der Waals surface area contributed by atoms with Crippen molar-refractivity contribution in [2.75, 3.05) is 0 Å². The van der Waals surface area contributed by atoms with Crippen LogP contribution < -0.4 is 0 Å². The van der Waals surface area contributed by atoms with E-state index in [1.165, 1.54) is 18.2 Å². The van der Waals surface area contributed by atoms with Gasteiger partial charge in [0.05, 0.1) is 0 Å². The summed E-state index contributed by atoms with van der Waals surface area (Å²) < 4.78 is 12.7. The van der Waals surface area contributed by atoms with Crippen LogP contribution in [0, 0.1) is 5.82 Å². The maximum atomic E-state index is 12.7. The van der Waals surface area contributed by atoms with E-state index >= 15 is 0 Å². The minimum atomic E-state index is -0.934. The molecule has 0 atom stereocenters. The Morgan fingerprint density at radius 3 is 2.92 bits per heavy atom. The zero-order valence-corrected chi connectivity index (χ0v) is 6.75. The van der Waals surface area contributed by atoms with Crippen molar-refractivity contribution in [3.63, 3.8) is 0 Å². The minimum absolute atomic E-state index is 0.320. The van der Waals surface area contributed by atoms with Crippen molar-refractivity contribution < 1.29 is 14.3 Å². The molecule has 0 spiro atoms. The van der Waals surface area contributed by atoms with Crippen molar-refractivity contribution in [1.29, 1.82) is 0 Å². The summed E-state index contributed by atoms with van der Waals surface area (Å²) in [5.74, 6) is -1.27. The van der Waals surface area contributed by atoms with Crippen LogP contribution in [0.4, 0.5) is 4.39 Å². The molecule has 0 saturated heterocycles. The zero-order valence-electron chi connectivity index (χ0n) is 6.75. The lowest BCUT2D eigenvalue weighted by molar-refractivity contribution is -0.132. The highest BCUT2D eigenvalue weighted by atomic mass is 19.1. The van der Waals surface area contributed by atoms with Crippen molar-refractivity contribution >= 4 is 12.0 Å². The van der Waals surface area contributed by atoms with Crippen molar-refractivity contribution in [2.24, 2.45) is 0 Å². The van der Waals surface area contributed by atoms with E-state index in [2.05, 4.69) is 0 Å². The number of benzene rings is 1. The Morgan fingerprint density at radius 1 is 1.46 bits per heavy atom. The van der Waals surface area contributed by atoms with E-state index in [1.54, 1.807) is 6.07 Å². The number of fused-ring (bicyclic) bond motifs is 1. The lowest BCUT2D eigenvalue weighted by Gasteiger charge is -1.96. The summed E-state index contributed by atoms with van der Waals surface area (Å²) in [6.45, 7) is 0. The third kappa shape index (κ3) is 1.33. The summed E-state index contributed by atoms with van der Waals surface area (Å²) >= 11 is 0. The second-order valence-corrected chi connectivity index (χ2v) is 2.99. The smallest absolute Gasteiger partial charge is 0.331 e. The fraction of sp³-hybridized carbons (Fsp3) is 0.100. The first-order valence-corrected chi connectivity index (χ1v) is 3.89. The third-order valence-corrected chi connectivity index (χ3v) is 2.09. The Kier molecular flexibility index (Phi) is 1.65. The number of hydrogen-bond donors (Lipinski definition) is 1. The van der Waals surface area contributed by atoms with E-state index in [9.17, 15) is 9.18 Å². The number of halogens is 1. The Bertz CT molecular complexity index is 407. The highest BCUT2D eigenvalue weighted by Crippen LogP contribution is 2.25. The predicted octanol–water partition coefficient (Wildman–Crippen LogP) is 1.85. The molecule has 1 aliphatic carbocycles. The molecule has 1 aromatic rings. The van der Waals surface area contributed by atoms with E-state index in [-0.39, 0.29) is 5.82 Å². The molecule has 3 heteroatoms. The molecule has 1 aliphatic rings. The van der Waals surface area contributed by atoms with E-state index in [0.29, 0.717) is 17.6 Å². The average Bonchev–Trinajstić information content (AvgIpc) is 2.46. The first-order valence-electron chi connectivity index (χ1n) is 3.89. The summed E-state index contributed by atoms with van der Waals surface area (Å²) in [4.78, 5) is 10.6. The first kappa shape index (κ1) is 7.98. The minimum Gasteiger partial charge on any atom is -0.478 e. The molecule has 0 radical (unpaired) electrons. The molecule has 0 unspecified atom stereocenters. The highest BCUT2D eigenvalue weighted by molar-refractivity contribution is 5.95. The van der Waals surface area contributed by atoms with E-state index in [4.69, 9.17) is 5.11 Å². The van der Waals surface area contributed by atoms with Gasteiger partial charge in [-0.1, -0.05) is 6.07 Å². The number of aliphatic carboxylic acids is 1. The van der Waals surface area contributed by atoms with Crippen LogP contribution in [0.5, 0.6) is 0 Å². The van der Waals surface area contributed by atoms with Gasteiger partial charge in [0.2, 0.25) is 0 Å². The van der Waals surface area contributed by atoms with Crippen molar-refractivity contribution in [3.8, 4) is 0 Å². The standard InChI is InChI=1S/C10H7FO2/c11-9-2-1-6-3-8(10(12)13)4-7(6)5-9/h1-2,4-5H,3H2,(H,12,13). The number of carboxylic acid groups (broad SMARTS) is 1. The lowest BCUT2D eigenvalue weighted by Crippen LogP contribution is -1.99. The summed E-state index contributed by atoms with van der Waals surface area (Å²) in [5.41, 5.74) is 1.87. The van der Waals surface area contributed by atoms with Crippen LogP contribution in [0.1, 0.15) is 11.1 Å². The Balaban J connectivity index is 2.43. The van der Waals surface area contributed by atoms with Gasteiger partial charge < -0.3 is 5.11 Å². The number of carboxylic acids is 1. The summed E-state index contributed by atoms with van der Waals surface area (Å²) in [7, 11) is 0. The predicted molar refractivity (Wildman–Crippen MR) is 45.7 cm³/mol. The summed E-state index contributed by atoms with van der Waals surface area (Å²) in [6.07, 6.45) is 1.91. The topological polar surface area (TPSA) is 37.3 Å². The van der Waals surface area contributed by atoms with Gasteiger partial charge in [-0.15, -0.1) is 0 Å². The molecule has 0 aliphatic heterocycles. The molecule has 2 nitrogen and oxygen atoms in total. The van der Waals surface area contributed by atoms with Gasteiger partial charge in [-0.2, -0.15) is 0 Å². The van der Waals surface area contributed by atoms with Gasteiger partial charge in [-0.3, -0.25) is 0 Å². The van der Waals surface area contributed by atoms with Crippen LogP contribution in [-0.4, -0.2) is 11.1 Å². The van der Waals surface area contributed by atoms with E-state index < -0.39 is 5.97 Å². The van der Waals surface area contributed by atoms with Gasteiger partial charge in [0.15, 0.2) is 0 Å². The zero-order chi connectivity index (χ0) is 9.42. The third-order valence-electron chi connectivity index (χ3n) is 2.09. The van der Waals surface area contributed by atoms with E-state index in [0.717, 1.165) is 5.56 Å². The van der Waals surface area contributed by atoms with Gasteiger partial charge in [0.25, 0.3) is 0 Å². The first-order chi connectivity index (χ1) is 6.16. The maximum Gasteiger partial charge on any atom is 0.331 e. The van der Waals surface area contributed by atoms with Crippen molar-refractivity contribution in [2.45, 2.75) is 6.42 Å². The molecule has 66 valence electrons. The van der Waals surface area contributed by atoms with Gasteiger partial charge in [-0.05, 0) is 29.3 Å². The fourth-order valence-electron chi connectivity index (χ4n) is 1.44. The highest BCUT2D eigenvalue weighted by Gasteiger charge is 2.17. The van der Waals surface area contributed by atoms with Crippen LogP contribution in [0.3, 0.4) is 0 Å². The van der Waals surface area contributed by atoms with Gasteiger partial charge >= 0.3 is 5.97 Å². The molecule has 0 heterocycles. The molecule has 2 rings (SSSR count). The summed E-state index contributed by atoms with van der Waals surface area (Å²) in [6, 6.07) is 4.32. The average molecular weight is 178 g/mol. The van der Waals surface area contributed by atoms with Crippen LogP contribution in [-0.2, 0) is 11.2 Å². The molecular formula is C10H7FO2. The monoisotopic (exact) mass is 178 g/mol. The quantitative estimate of drug-likeness (QED) is 0.712. The molecular weight excluding hydrogens is 171 g/mol. The van der Waals surface area contributed by atoms with Crippen LogP contribution >= 0.6 is 0 Å². The molecule has 0 fully saturated rings. The molecule has 0 bridgehead atoms. The van der Waals surface area contributed by atoms with Gasteiger partial charge in [0, 0.05) is 12.0 Å². The Labute approximate surface area is 74.3 Å². The van der Waals surface area contributed by atoms with Crippen LogP contribution in [0.25, 0.3) is 6.08 Å². The largest absolute Gasteiger partial charge is 0.478 e. The molecule has 0 amide bonds. The van der Waals surface area contributed by atoms with Crippen LogP contribution in [0.15, 0.2) is 23.8 Å². The van der Waals surface area contributed by atoms with Crippen molar-refractivity contribution in [1.82, 2.24) is 0 Å². The molecule has 0 aromatic heterocycles. The Morgan fingerprint density at radius 2 is 2.23 bits per heavy atom. The molecule has 1 aromatic carbocycles. The molecule has 13 heavy (non-hydrogen) atoms. The molecule has 1 N–H and O–H groups in total. The Hall–Kier alpha value is -1.64.